The summed E-state index contributed by atoms with van der Waals surface area (Å²) in [5.41, 5.74) is 3.14. The first-order chi connectivity index (χ1) is 14.5. The Labute approximate surface area is 183 Å². The molecular formula is C24H33NO4S. The van der Waals surface area contributed by atoms with E-state index in [1.165, 1.54) is 12.0 Å². The minimum absolute atomic E-state index is 0.138. The van der Waals surface area contributed by atoms with Gasteiger partial charge in [-0.05, 0) is 62.3 Å². The van der Waals surface area contributed by atoms with Gasteiger partial charge in [-0.3, -0.25) is 4.79 Å². The number of aromatic nitrogens is 1. The van der Waals surface area contributed by atoms with Crippen LogP contribution in [0.5, 0.6) is 0 Å². The van der Waals surface area contributed by atoms with Crippen molar-refractivity contribution in [1.82, 2.24) is 4.98 Å². The second-order valence-electron chi connectivity index (χ2n) is 8.27. The van der Waals surface area contributed by atoms with Crippen LogP contribution in [0.1, 0.15) is 74.1 Å². The first-order valence-corrected chi connectivity index (χ1v) is 12.0. The summed E-state index contributed by atoms with van der Waals surface area (Å²) in [6.07, 6.45) is 7.25. The first kappa shape index (κ1) is 22.9. The highest BCUT2D eigenvalue weighted by atomic mass is 32.2. The van der Waals surface area contributed by atoms with Crippen molar-refractivity contribution < 1.29 is 19.1 Å². The molecule has 5 nitrogen and oxygen atoms in total. The first-order valence-electron chi connectivity index (χ1n) is 10.9. The molecule has 1 heterocycles. The van der Waals surface area contributed by atoms with E-state index < -0.39 is 5.97 Å². The monoisotopic (exact) mass is 431 g/mol. The van der Waals surface area contributed by atoms with Crippen LogP contribution in [-0.4, -0.2) is 33.2 Å². The van der Waals surface area contributed by atoms with Crippen LogP contribution in [0.3, 0.4) is 0 Å². The molecule has 1 aromatic heterocycles. The fraction of sp³-hybridized carbons (Fsp3) is 0.583. The number of ether oxygens (including phenoxy) is 1. The Balaban J connectivity index is 1.68. The number of hydrogen-bond acceptors (Lipinski definition) is 5. The normalized spacial score (nSPS) is 21.3. The van der Waals surface area contributed by atoms with Gasteiger partial charge < -0.3 is 14.3 Å². The largest absolute Gasteiger partial charge is 0.480 e. The maximum absolute atomic E-state index is 11.5. The number of aliphatic carboxylic acids is 1. The Kier molecular flexibility index (Phi) is 8.40. The molecule has 4 atom stereocenters. The van der Waals surface area contributed by atoms with Crippen molar-refractivity contribution in [3.8, 4) is 0 Å². The molecule has 1 aliphatic rings. The molecule has 0 radical (unpaired) electrons. The summed E-state index contributed by atoms with van der Waals surface area (Å²) in [6, 6.07) is 8.27. The molecule has 30 heavy (non-hydrogen) atoms. The molecule has 6 heteroatoms. The maximum atomic E-state index is 11.5. The van der Waals surface area contributed by atoms with Gasteiger partial charge in [0.1, 0.15) is 22.8 Å². The van der Waals surface area contributed by atoms with Crippen LogP contribution in [0, 0.1) is 19.8 Å². The van der Waals surface area contributed by atoms with E-state index in [2.05, 4.69) is 24.0 Å². The van der Waals surface area contributed by atoms with Gasteiger partial charge in [-0.1, -0.05) is 44.0 Å². The van der Waals surface area contributed by atoms with Crippen molar-refractivity contribution in [2.75, 3.05) is 5.75 Å². The Morgan fingerprint density at radius 1 is 1.33 bits per heavy atom. The Morgan fingerprint density at radius 3 is 2.80 bits per heavy atom. The number of benzene rings is 1. The zero-order chi connectivity index (χ0) is 21.5. The zero-order valence-corrected chi connectivity index (χ0v) is 19.0. The number of aryl methyl sites for hydroxylation is 2. The summed E-state index contributed by atoms with van der Waals surface area (Å²) < 4.78 is 12.1. The third kappa shape index (κ3) is 5.88. The van der Waals surface area contributed by atoms with E-state index in [4.69, 9.17) is 9.15 Å². The van der Waals surface area contributed by atoms with Crippen molar-refractivity contribution in [3.63, 3.8) is 0 Å². The molecule has 2 aromatic rings. The number of carbonyl (C=O) groups is 1. The van der Waals surface area contributed by atoms with Crippen LogP contribution in [0.25, 0.3) is 0 Å². The number of hydrogen-bond donors (Lipinski definition) is 1. The molecule has 1 saturated carbocycles. The second-order valence-corrected chi connectivity index (χ2v) is 9.51. The summed E-state index contributed by atoms with van der Waals surface area (Å²) in [4.78, 5) is 15.9. The van der Waals surface area contributed by atoms with Crippen molar-refractivity contribution in [3.05, 3.63) is 53.2 Å². The van der Waals surface area contributed by atoms with Gasteiger partial charge in [0.05, 0.1) is 6.10 Å². The van der Waals surface area contributed by atoms with E-state index in [1.54, 1.807) is 11.8 Å². The SMILES string of the molecule is CCCC(SC[C@@H]1CCC[C@H](OC(c2ccccc2C)c2ncoc2C)C1)C(=O)O. The summed E-state index contributed by atoms with van der Waals surface area (Å²) in [6.45, 7) is 6.07. The average molecular weight is 432 g/mol. The van der Waals surface area contributed by atoms with E-state index in [-0.39, 0.29) is 17.5 Å². The van der Waals surface area contributed by atoms with Crippen LogP contribution >= 0.6 is 11.8 Å². The predicted molar refractivity (Wildman–Crippen MR) is 120 cm³/mol. The quantitative estimate of drug-likeness (QED) is 0.502. The Morgan fingerprint density at radius 2 is 2.13 bits per heavy atom. The highest BCUT2D eigenvalue weighted by molar-refractivity contribution is 8.00. The predicted octanol–water partition coefficient (Wildman–Crippen LogP) is 5.94. The lowest BCUT2D eigenvalue weighted by Gasteiger charge is -2.32. The van der Waals surface area contributed by atoms with Crippen LogP contribution in [0.2, 0.25) is 0 Å². The molecule has 1 fully saturated rings. The van der Waals surface area contributed by atoms with Crippen molar-refractivity contribution in [2.24, 2.45) is 5.92 Å². The highest BCUT2D eigenvalue weighted by Gasteiger charge is 2.30. The number of rotatable bonds is 10. The highest BCUT2D eigenvalue weighted by Crippen LogP contribution is 2.37. The number of nitrogens with zero attached hydrogens (tertiary/aromatic N) is 1. The number of carboxylic acid groups (broad SMARTS) is 1. The van der Waals surface area contributed by atoms with Crippen LogP contribution in [-0.2, 0) is 9.53 Å². The molecule has 0 aliphatic heterocycles. The number of carboxylic acids is 1. The molecule has 0 amide bonds. The van der Waals surface area contributed by atoms with Crippen LogP contribution < -0.4 is 0 Å². The zero-order valence-electron chi connectivity index (χ0n) is 18.2. The van der Waals surface area contributed by atoms with Crippen molar-refractivity contribution in [2.45, 2.75) is 76.8 Å². The lowest BCUT2D eigenvalue weighted by Crippen LogP contribution is -2.28. The molecule has 1 aromatic carbocycles. The van der Waals surface area contributed by atoms with E-state index in [9.17, 15) is 9.90 Å². The minimum Gasteiger partial charge on any atom is -0.480 e. The molecule has 2 unspecified atom stereocenters. The molecule has 1 aliphatic carbocycles. The van der Waals surface area contributed by atoms with Gasteiger partial charge in [-0.25, -0.2) is 4.98 Å². The van der Waals surface area contributed by atoms with Crippen molar-refractivity contribution in [1.29, 1.82) is 0 Å². The van der Waals surface area contributed by atoms with Crippen LogP contribution in [0.15, 0.2) is 35.1 Å². The van der Waals surface area contributed by atoms with E-state index in [1.807, 2.05) is 26.0 Å². The lowest BCUT2D eigenvalue weighted by molar-refractivity contribution is -0.136. The van der Waals surface area contributed by atoms with E-state index >= 15 is 0 Å². The molecular weight excluding hydrogens is 398 g/mol. The minimum atomic E-state index is -0.688. The van der Waals surface area contributed by atoms with Crippen LogP contribution in [0.4, 0.5) is 0 Å². The Bertz CT molecular complexity index is 821. The van der Waals surface area contributed by atoms with Gasteiger partial charge in [-0.15, -0.1) is 11.8 Å². The van der Waals surface area contributed by atoms with Gasteiger partial charge in [0.25, 0.3) is 0 Å². The summed E-state index contributed by atoms with van der Waals surface area (Å²) in [5, 5.41) is 9.13. The van der Waals surface area contributed by atoms with Gasteiger partial charge in [-0.2, -0.15) is 0 Å². The Hall–Kier alpha value is -1.79. The number of thioether (sulfide) groups is 1. The van der Waals surface area contributed by atoms with Crippen molar-refractivity contribution >= 4 is 17.7 Å². The third-order valence-electron chi connectivity index (χ3n) is 5.92. The molecule has 164 valence electrons. The molecule has 0 spiro atoms. The lowest BCUT2D eigenvalue weighted by atomic mass is 9.88. The molecule has 0 saturated heterocycles. The van der Waals surface area contributed by atoms with Gasteiger partial charge >= 0.3 is 5.97 Å². The average Bonchev–Trinajstić information content (AvgIpc) is 3.15. The van der Waals surface area contributed by atoms with Gasteiger partial charge in [0, 0.05) is 0 Å². The summed E-state index contributed by atoms with van der Waals surface area (Å²) in [7, 11) is 0. The van der Waals surface area contributed by atoms with Gasteiger partial charge in [0.2, 0.25) is 0 Å². The second kappa shape index (κ2) is 11.0. The molecule has 1 N–H and O–H groups in total. The number of oxazole rings is 1. The molecule has 3 rings (SSSR count). The topological polar surface area (TPSA) is 72.6 Å². The molecule has 0 bridgehead atoms. The standard InChI is InChI=1S/C24H33NO4S/c1-4-8-21(24(26)27)30-14-18-10-7-11-19(13-18)29-23(22-17(3)28-15-25-22)20-12-6-5-9-16(20)2/h5-6,9,12,15,18-19,21,23H,4,7-8,10-11,13-14H2,1-3H3,(H,26,27)/t18-,19+,21?,23?/m1/s1. The fourth-order valence-corrected chi connectivity index (χ4v) is 5.59. The van der Waals surface area contributed by atoms with Gasteiger partial charge in [0.15, 0.2) is 6.39 Å². The summed E-state index contributed by atoms with van der Waals surface area (Å²) >= 11 is 1.60. The van der Waals surface area contributed by atoms with E-state index in [0.717, 1.165) is 61.3 Å². The third-order valence-corrected chi connectivity index (χ3v) is 7.43. The summed E-state index contributed by atoms with van der Waals surface area (Å²) in [5.74, 6) is 1.47. The smallest absolute Gasteiger partial charge is 0.316 e. The fourth-order valence-electron chi connectivity index (χ4n) is 4.23. The van der Waals surface area contributed by atoms with E-state index in [0.29, 0.717) is 5.92 Å². The maximum Gasteiger partial charge on any atom is 0.316 e.